The van der Waals surface area contributed by atoms with Gasteiger partial charge in [-0.05, 0) is 26.0 Å². The number of nitrogens with one attached hydrogen (secondary N) is 1. The van der Waals surface area contributed by atoms with Crippen molar-refractivity contribution in [3.05, 3.63) is 18.3 Å². The van der Waals surface area contributed by atoms with Crippen LogP contribution in [0, 0.1) is 0 Å². The van der Waals surface area contributed by atoms with Gasteiger partial charge in [0.15, 0.2) is 11.6 Å². The molecule has 96 valence electrons. The van der Waals surface area contributed by atoms with E-state index >= 15 is 0 Å². The molecule has 1 heterocycles. The molecule has 0 aliphatic heterocycles. The van der Waals surface area contributed by atoms with Gasteiger partial charge in [0.1, 0.15) is 0 Å². The summed E-state index contributed by atoms with van der Waals surface area (Å²) in [6, 6.07) is 3.74. The van der Waals surface area contributed by atoms with Gasteiger partial charge >= 0.3 is 0 Å². The van der Waals surface area contributed by atoms with Crippen LogP contribution in [-0.2, 0) is 4.74 Å². The molecule has 0 spiro atoms. The summed E-state index contributed by atoms with van der Waals surface area (Å²) in [5.41, 5.74) is 0. The Morgan fingerprint density at radius 1 is 1.47 bits per heavy atom. The molecule has 0 radical (unpaired) electrons. The van der Waals surface area contributed by atoms with Gasteiger partial charge in [0.05, 0.1) is 18.8 Å². The fourth-order valence-electron chi connectivity index (χ4n) is 1.37. The number of methoxy groups -OCH3 is 1. The number of hydrogen-bond donors (Lipinski definition) is 1. The van der Waals surface area contributed by atoms with Gasteiger partial charge in [-0.3, -0.25) is 0 Å². The van der Waals surface area contributed by atoms with Crippen molar-refractivity contribution < 1.29 is 9.47 Å². The summed E-state index contributed by atoms with van der Waals surface area (Å²) < 4.78 is 10.7. The third kappa shape index (κ3) is 4.79. The van der Waals surface area contributed by atoms with Crippen molar-refractivity contribution in [2.24, 2.45) is 0 Å². The first-order chi connectivity index (χ1) is 8.17. The van der Waals surface area contributed by atoms with Gasteiger partial charge in [-0.25, -0.2) is 4.98 Å². The number of ether oxygens (including phenoxy) is 2. The number of anilines is 1. The molecular formula is C12H19ClN2O2. The van der Waals surface area contributed by atoms with Crippen LogP contribution < -0.4 is 10.1 Å². The van der Waals surface area contributed by atoms with E-state index in [2.05, 4.69) is 10.3 Å². The molecular weight excluding hydrogens is 240 g/mol. The lowest BCUT2D eigenvalue weighted by Crippen LogP contribution is -2.27. The second kappa shape index (κ2) is 7.35. The zero-order valence-electron chi connectivity index (χ0n) is 10.4. The number of alkyl halides is 1. The molecule has 1 atom stereocenters. The van der Waals surface area contributed by atoms with Crippen molar-refractivity contribution in [3.63, 3.8) is 0 Å². The molecule has 1 aromatic heterocycles. The van der Waals surface area contributed by atoms with Gasteiger partial charge in [-0.2, -0.15) is 0 Å². The van der Waals surface area contributed by atoms with Crippen LogP contribution in [0.3, 0.4) is 0 Å². The van der Waals surface area contributed by atoms with Crippen molar-refractivity contribution in [1.29, 1.82) is 0 Å². The molecule has 0 bridgehead atoms. The van der Waals surface area contributed by atoms with E-state index in [0.717, 1.165) is 5.75 Å². The number of hydrogen-bond acceptors (Lipinski definition) is 4. The van der Waals surface area contributed by atoms with Crippen molar-refractivity contribution in [2.75, 3.05) is 24.9 Å². The summed E-state index contributed by atoms with van der Waals surface area (Å²) in [4.78, 5) is 4.25. The number of halogens is 1. The summed E-state index contributed by atoms with van der Waals surface area (Å²) in [6.07, 6.45) is 1.82. The van der Waals surface area contributed by atoms with Gasteiger partial charge < -0.3 is 14.8 Å². The van der Waals surface area contributed by atoms with Crippen LogP contribution in [0.5, 0.6) is 5.75 Å². The highest BCUT2D eigenvalue weighted by molar-refractivity contribution is 6.18. The average molecular weight is 259 g/mol. The highest BCUT2D eigenvalue weighted by Gasteiger charge is 2.12. The van der Waals surface area contributed by atoms with E-state index in [1.165, 1.54) is 0 Å². The Bertz CT molecular complexity index is 334. The van der Waals surface area contributed by atoms with E-state index in [-0.39, 0.29) is 12.1 Å². The molecule has 0 saturated carbocycles. The predicted octanol–water partition coefficient (Wildman–Crippen LogP) is 2.53. The lowest BCUT2D eigenvalue weighted by molar-refractivity contribution is 0.190. The quantitative estimate of drug-likeness (QED) is 0.764. The zero-order valence-corrected chi connectivity index (χ0v) is 11.2. The molecule has 1 N–H and O–H groups in total. The number of rotatable bonds is 7. The summed E-state index contributed by atoms with van der Waals surface area (Å²) in [5.74, 6) is 1.88. The number of aromatic nitrogens is 1. The molecule has 0 aromatic carbocycles. The van der Waals surface area contributed by atoms with Crippen molar-refractivity contribution in [1.82, 2.24) is 4.98 Å². The van der Waals surface area contributed by atoms with E-state index in [4.69, 9.17) is 21.1 Å². The Balaban J connectivity index is 2.74. The van der Waals surface area contributed by atoms with Crippen LogP contribution in [0.15, 0.2) is 18.3 Å². The Morgan fingerprint density at radius 2 is 2.24 bits per heavy atom. The van der Waals surface area contributed by atoms with Crippen LogP contribution >= 0.6 is 11.6 Å². The van der Waals surface area contributed by atoms with Crippen molar-refractivity contribution in [2.45, 2.75) is 26.0 Å². The molecule has 5 heteroatoms. The predicted molar refractivity (Wildman–Crippen MR) is 70.0 cm³/mol. The van der Waals surface area contributed by atoms with Gasteiger partial charge in [0, 0.05) is 19.2 Å². The van der Waals surface area contributed by atoms with Gasteiger partial charge in [0.25, 0.3) is 0 Å². The summed E-state index contributed by atoms with van der Waals surface area (Å²) >= 11 is 5.84. The lowest BCUT2D eigenvalue weighted by Gasteiger charge is -2.19. The maximum Gasteiger partial charge on any atom is 0.169 e. The van der Waals surface area contributed by atoms with Crippen molar-refractivity contribution in [3.8, 4) is 5.75 Å². The highest BCUT2D eigenvalue weighted by atomic mass is 35.5. The highest BCUT2D eigenvalue weighted by Crippen LogP contribution is 2.22. The molecule has 0 fully saturated rings. The minimum absolute atomic E-state index is 0.0195. The summed E-state index contributed by atoms with van der Waals surface area (Å²) in [5, 5.41) is 3.21. The Hall–Kier alpha value is -1.00. The SMILES string of the molecule is COCC(CCl)Nc1ncccc1OC(C)C. The van der Waals surface area contributed by atoms with E-state index in [9.17, 15) is 0 Å². The number of nitrogens with zero attached hydrogens (tertiary/aromatic N) is 1. The molecule has 1 aromatic rings. The van der Waals surface area contributed by atoms with Gasteiger partial charge in [0.2, 0.25) is 0 Å². The molecule has 0 aliphatic rings. The van der Waals surface area contributed by atoms with Gasteiger partial charge in [-0.15, -0.1) is 11.6 Å². The molecule has 1 rings (SSSR count). The third-order valence-corrected chi connectivity index (χ3v) is 2.40. The minimum atomic E-state index is 0.0195. The average Bonchev–Trinajstić information content (AvgIpc) is 2.30. The Kier molecular flexibility index (Phi) is 6.08. The van der Waals surface area contributed by atoms with E-state index < -0.39 is 0 Å². The van der Waals surface area contributed by atoms with E-state index in [0.29, 0.717) is 18.3 Å². The lowest BCUT2D eigenvalue weighted by atomic mass is 10.3. The minimum Gasteiger partial charge on any atom is -0.487 e. The first-order valence-corrected chi connectivity index (χ1v) is 6.14. The fourth-order valence-corrected chi connectivity index (χ4v) is 1.53. The first kappa shape index (κ1) is 14.1. The first-order valence-electron chi connectivity index (χ1n) is 5.60. The number of pyridine rings is 1. The largest absolute Gasteiger partial charge is 0.487 e. The maximum absolute atomic E-state index is 5.84. The molecule has 0 saturated heterocycles. The van der Waals surface area contributed by atoms with Crippen LogP contribution in [0.25, 0.3) is 0 Å². The standard InChI is InChI=1S/C12H19ClN2O2/c1-9(2)17-11-5-4-6-14-12(11)15-10(7-13)8-16-3/h4-6,9-10H,7-8H2,1-3H3,(H,14,15). The van der Waals surface area contributed by atoms with E-state index in [1.54, 1.807) is 13.3 Å². The molecule has 1 unspecified atom stereocenters. The molecule has 17 heavy (non-hydrogen) atoms. The van der Waals surface area contributed by atoms with E-state index in [1.807, 2.05) is 26.0 Å². The second-order valence-corrected chi connectivity index (χ2v) is 4.28. The third-order valence-electron chi connectivity index (χ3n) is 2.03. The normalized spacial score (nSPS) is 12.5. The monoisotopic (exact) mass is 258 g/mol. The van der Waals surface area contributed by atoms with Crippen LogP contribution in [0.4, 0.5) is 5.82 Å². The summed E-state index contributed by atoms with van der Waals surface area (Å²) in [6.45, 7) is 4.48. The molecule has 0 aliphatic carbocycles. The fraction of sp³-hybridized carbons (Fsp3) is 0.583. The van der Waals surface area contributed by atoms with Crippen molar-refractivity contribution >= 4 is 17.4 Å². The summed E-state index contributed by atoms with van der Waals surface area (Å²) in [7, 11) is 1.64. The van der Waals surface area contributed by atoms with Crippen LogP contribution in [-0.4, -0.2) is 36.7 Å². The molecule has 4 nitrogen and oxygen atoms in total. The Morgan fingerprint density at radius 3 is 2.82 bits per heavy atom. The smallest absolute Gasteiger partial charge is 0.169 e. The molecule has 0 amide bonds. The van der Waals surface area contributed by atoms with Crippen LogP contribution in [0.1, 0.15) is 13.8 Å². The van der Waals surface area contributed by atoms with Crippen LogP contribution in [0.2, 0.25) is 0 Å². The zero-order chi connectivity index (χ0) is 12.7. The topological polar surface area (TPSA) is 43.4 Å². The Labute approximate surface area is 107 Å². The van der Waals surface area contributed by atoms with Gasteiger partial charge in [-0.1, -0.05) is 0 Å². The second-order valence-electron chi connectivity index (χ2n) is 3.97. The maximum atomic E-state index is 5.84.